The van der Waals surface area contributed by atoms with E-state index in [9.17, 15) is 4.79 Å². The van der Waals surface area contributed by atoms with Crippen LogP contribution in [0.1, 0.15) is 33.1 Å². The Labute approximate surface area is 175 Å². The van der Waals surface area contributed by atoms with Gasteiger partial charge < -0.3 is 9.80 Å². The highest BCUT2D eigenvalue weighted by atomic mass is 16.2. The molecule has 1 atom stereocenters. The number of amides is 1. The second-order valence-electron chi connectivity index (χ2n) is 7.63. The van der Waals surface area contributed by atoms with Crippen LogP contribution in [0.5, 0.6) is 0 Å². The highest BCUT2D eigenvalue weighted by molar-refractivity contribution is 5.93. The number of para-hydroxylation sites is 2. The third-order valence-electron chi connectivity index (χ3n) is 5.86. The SMILES string of the molecule is C=CCN(c1ccccc1)C(C)N1CCC(N(C(=O)CC)c2ccccc2)CC1. The van der Waals surface area contributed by atoms with E-state index in [1.165, 1.54) is 5.69 Å². The van der Waals surface area contributed by atoms with E-state index in [0.717, 1.165) is 38.2 Å². The van der Waals surface area contributed by atoms with E-state index < -0.39 is 0 Å². The highest BCUT2D eigenvalue weighted by Crippen LogP contribution is 2.27. The summed E-state index contributed by atoms with van der Waals surface area (Å²) >= 11 is 0. The van der Waals surface area contributed by atoms with Crippen molar-refractivity contribution in [1.82, 2.24) is 4.90 Å². The second-order valence-corrected chi connectivity index (χ2v) is 7.63. The molecule has 0 aliphatic carbocycles. The largest absolute Gasteiger partial charge is 0.352 e. The normalized spacial score (nSPS) is 16.2. The van der Waals surface area contributed by atoms with Crippen LogP contribution in [-0.4, -0.2) is 42.6 Å². The third kappa shape index (κ3) is 5.07. The monoisotopic (exact) mass is 391 g/mol. The topological polar surface area (TPSA) is 26.8 Å². The maximum Gasteiger partial charge on any atom is 0.226 e. The molecule has 2 aromatic carbocycles. The van der Waals surface area contributed by atoms with Gasteiger partial charge in [-0.15, -0.1) is 6.58 Å². The quantitative estimate of drug-likeness (QED) is 0.597. The van der Waals surface area contributed by atoms with Crippen LogP contribution in [0, 0.1) is 0 Å². The predicted molar refractivity (Wildman–Crippen MR) is 122 cm³/mol. The molecule has 1 unspecified atom stereocenters. The summed E-state index contributed by atoms with van der Waals surface area (Å²) in [5, 5.41) is 0. The summed E-state index contributed by atoms with van der Waals surface area (Å²) in [7, 11) is 0. The minimum Gasteiger partial charge on any atom is -0.352 e. The molecule has 1 heterocycles. The Kier molecular flexibility index (Phi) is 7.48. The lowest BCUT2D eigenvalue weighted by Crippen LogP contribution is -2.54. The molecule has 154 valence electrons. The van der Waals surface area contributed by atoms with Gasteiger partial charge in [-0.1, -0.05) is 49.4 Å². The van der Waals surface area contributed by atoms with Crippen molar-refractivity contribution >= 4 is 17.3 Å². The van der Waals surface area contributed by atoms with Crippen molar-refractivity contribution in [2.24, 2.45) is 0 Å². The highest BCUT2D eigenvalue weighted by Gasteiger charge is 2.31. The van der Waals surface area contributed by atoms with Gasteiger partial charge in [0.15, 0.2) is 0 Å². The summed E-state index contributed by atoms with van der Waals surface area (Å²) in [4.78, 5) is 19.6. The summed E-state index contributed by atoms with van der Waals surface area (Å²) < 4.78 is 0. The molecule has 0 spiro atoms. The van der Waals surface area contributed by atoms with Gasteiger partial charge in [0.2, 0.25) is 5.91 Å². The molecule has 0 N–H and O–H groups in total. The van der Waals surface area contributed by atoms with Crippen LogP contribution in [0.2, 0.25) is 0 Å². The van der Waals surface area contributed by atoms with Gasteiger partial charge in [0, 0.05) is 43.5 Å². The number of nitrogens with zero attached hydrogens (tertiary/aromatic N) is 3. The van der Waals surface area contributed by atoms with Crippen molar-refractivity contribution < 1.29 is 4.79 Å². The predicted octanol–water partition coefficient (Wildman–Crippen LogP) is 4.93. The van der Waals surface area contributed by atoms with Gasteiger partial charge in [0.1, 0.15) is 0 Å². The Morgan fingerprint density at radius 3 is 2.14 bits per heavy atom. The number of likely N-dealkylation sites (tertiary alicyclic amines) is 1. The first kappa shape index (κ1) is 21.1. The standard InChI is InChI=1S/C25H33N3O/c1-4-18-27(22-12-8-6-9-13-22)21(3)26-19-16-24(17-20-26)28(25(29)5-2)23-14-10-7-11-15-23/h4,6-15,21,24H,1,5,16-20H2,2-3H3. The molecular formula is C25H33N3O. The maximum atomic E-state index is 12.7. The number of benzene rings is 2. The van der Waals surface area contributed by atoms with Gasteiger partial charge in [0.05, 0.1) is 6.17 Å². The van der Waals surface area contributed by atoms with Crippen molar-refractivity contribution in [3.8, 4) is 0 Å². The van der Waals surface area contributed by atoms with Gasteiger partial charge in [-0.25, -0.2) is 0 Å². The fourth-order valence-corrected chi connectivity index (χ4v) is 4.26. The van der Waals surface area contributed by atoms with Crippen LogP contribution in [-0.2, 0) is 4.79 Å². The maximum absolute atomic E-state index is 12.7. The Morgan fingerprint density at radius 2 is 1.62 bits per heavy atom. The molecule has 1 aliphatic heterocycles. The summed E-state index contributed by atoms with van der Waals surface area (Å²) in [6, 6.07) is 20.9. The van der Waals surface area contributed by atoms with E-state index in [4.69, 9.17) is 0 Å². The van der Waals surface area contributed by atoms with Crippen molar-refractivity contribution in [3.05, 3.63) is 73.3 Å². The lowest BCUT2D eigenvalue weighted by atomic mass is 10.0. The van der Waals surface area contributed by atoms with Crippen molar-refractivity contribution in [2.45, 2.75) is 45.3 Å². The zero-order valence-corrected chi connectivity index (χ0v) is 17.7. The molecule has 0 bridgehead atoms. The average Bonchev–Trinajstić information content (AvgIpc) is 2.79. The zero-order chi connectivity index (χ0) is 20.6. The number of carbonyl (C=O) groups is 1. The molecule has 0 aromatic heterocycles. The van der Waals surface area contributed by atoms with E-state index in [2.05, 4.69) is 53.6 Å². The van der Waals surface area contributed by atoms with Gasteiger partial charge in [-0.2, -0.15) is 0 Å². The van der Waals surface area contributed by atoms with Crippen LogP contribution in [0.3, 0.4) is 0 Å². The van der Waals surface area contributed by atoms with Crippen molar-refractivity contribution in [1.29, 1.82) is 0 Å². The van der Waals surface area contributed by atoms with E-state index in [1.54, 1.807) is 0 Å². The number of rotatable bonds is 8. The third-order valence-corrected chi connectivity index (χ3v) is 5.86. The Hall–Kier alpha value is -2.59. The average molecular weight is 392 g/mol. The number of carbonyl (C=O) groups excluding carboxylic acids is 1. The first-order valence-electron chi connectivity index (χ1n) is 10.7. The lowest BCUT2D eigenvalue weighted by molar-refractivity contribution is -0.119. The lowest BCUT2D eigenvalue weighted by Gasteiger charge is -2.44. The summed E-state index contributed by atoms with van der Waals surface area (Å²) in [5.41, 5.74) is 2.23. The molecule has 2 aromatic rings. The second kappa shape index (κ2) is 10.3. The van der Waals surface area contributed by atoms with Crippen LogP contribution in [0.25, 0.3) is 0 Å². The number of hydrogen-bond acceptors (Lipinski definition) is 3. The molecule has 3 rings (SSSR count). The number of anilines is 2. The fraction of sp³-hybridized carbons (Fsp3) is 0.400. The zero-order valence-electron chi connectivity index (χ0n) is 17.7. The minimum atomic E-state index is 0.209. The van der Waals surface area contributed by atoms with Gasteiger partial charge in [-0.3, -0.25) is 9.69 Å². The summed E-state index contributed by atoms with van der Waals surface area (Å²) in [5.74, 6) is 0.209. The molecule has 4 heteroatoms. The van der Waals surface area contributed by atoms with Crippen molar-refractivity contribution in [3.63, 3.8) is 0 Å². The molecule has 29 heavy (non-hydrogen) atoms. The summed E-state index contributed by atoms with van der Waals surface area (Å²) in [6.07, 6.45) is 4.76. The van der Waals surface area contributed by atoms with Crippen LogP contribution < -0.4 is 9.80 Å². The van der Waals surface area contributed by atoms with E-state index in [1.807, 2.05) is 48.2 Å². The molecule has 1 fully saturated rings. The first-order valence-corrected chi connectivity index (χ1v) is 10.7. The minimum absolute atomic E-state index is 0.209. The van der Waals surface area contributed by atoms with E-state index in [-0.39, 0.29) is 18.1 Å². The van der Waals surface area contributed by atoms with Gasteiger partial charge in [0.25, 0.3) is 0 Å². The molecule has 0 radical (unpaired) electrons. The molecule has 1 amide bonds. The van der Waals surface area contributed by atoms with Crippen LogP contribution in [0.15, 0.2) is 73.3 Å². The molecular weight excluding hydrogens is 358 g/mol. The molecule has 1 saturated heterocycles. The molecule has 4 nitrogen and oxygen atoms in total. The van der Waals surface area contributed by atoms with Gasteiger partial charge in [-0.05, 0) is 44.0 Å². The van der Waals surface area contributed by atoms with Crippen LogP contribution in [0.4, 0.5) is 11.4 Å². The number of piperidine rings is 1. The first-order chi connectivity index (χ1) is 14.2. The van der Waals surface area contributed by atoms with Gasteiger partial charge >= 0.3 is 0 Å². The Balaban J connectivity index is 1.69. The van der Waals surface area contributed by atoms with Crippen molar-refractivity contribution in [2.75, 3.05) is 29.4 Å². The Bertz CT molecular complexity index is 769. The summed E-state index contributed by atoms with van der Waals surface area (Å²) in [6.45, 7) is 10.9. The number of hydrogen-bond donors (Lipinski definition) is 0. The fourth-order valence-electron chi connectivity index (χ4n) is 4.26. The van der Waals surface area contributed by atoms with E-state index in [0.29, 0.717) is 6.42 Å². The van der Waals surface area contributed by atoms with Crippen LogP contribution >= 0.6 is 0 Å². The smallest absolute Gasteiger partial charge is 0.226 e. The van der Waals surface area contributed by atoms with E-state index >= 15 is 0 Å². The Morgan fingerprint density at radius 1 is 1.07 bits per heavy atom. The molecule has 0 saturated carbocycles. The molecule has 1 aliphatic rings.